The lowest BCUT2D eigenvalue weighted by atomic mass is 10.1. The molecule has 2 rings (SSSR count). The molecule has 19 heavy (non-hydrogen) atoms. The van der Waals surface area contributed by atoms with Gasteiger partial charge in [-0.15, -0.1) is 0 Å². The van der Waals surface area contributed by atoms with Crippen LogP contribution in [0.15, 0.2) is 22.7 Å². The van der Waals surface area contributed by atoms with Crippen LogP contribution in [0.25, 0.3) is 11.5 Å². The molecule has 102 valence electrons. The van der Waals surface area contributed by atoms with Crippen LogP contribution < -0.4 is 5.73 Å². The Bertz CT molecular complexity index is 569. The molecule has 1 heterocycles. The highest BCUT2D eigenvalue weighted by Gasteiger charge is 2.22. The Labute approximate surface area is 110 Å². The highest BCUT2D eigenvalue weighted by molar-refractivity contribution is 5.70. The number of hydrogen-bond donors (Lipinski definition) is 1. The first kappa shape index (κ1) is 13.5. The Balaban J connectivity index is 2.38. The lowest BCUT2D eigenvalue weighted by molar-refractivity contribution is 0.0556. The predicted octanol–water partition coefficient (Wildman–Crippen LogP) is 2.80. The predicted molar refractivity (Wildman–Crippen MR) is 68.7 cm³/mol. The van der Waals surface area contributed by atoms with Crippen molar-refractivity contribution < 1.29 is 13.7 Å². The molecule has 2 aromatic rings. The molecular weight excluding hydrogens is 249 g/mol. The summed E-state index contributed by atoms with van der Waals surface area (Å²) in [5, 5.41) is 3.87. The molecule has 0 fully saturated rings. The number of methoxy groups -OCH3 is 1. The standard InChI is InChI=1S/C13H16FN3O2/c1-7(2)11(18-3)12-16-13(19-17-12)9-6-8(14)4-5-10(9)15/h4-7,11H,15H2,1-3H3. The third-order valence-corrected chi connectivity index (χ3v) is 2.80. The summed E-state index contributed by atoms with van der Waals surface area (Å²) in [5.74, 6) is 0.405. The van der Waals surface area contributed by atoms with Crippen LogP contribution in [-0.4, -0.2) is 17.3 Å². The average molecular weight is 265 g/mol. The van der Waals surface area contributed by atoms with Gasteiger partial charge in [-0.1, -0.05) is 19.0 Å². The molecule has 1 atom stereocenters. The highest BCUT2D eigenvalue weighted by atomic mass is 19.1. The van der Waals surface area contributed by atoms with Gasteiger partial charge in [-0.25, -0.2) is 4.39 Å². The number of nitrogens with two attached hydrogens (primary N) is 1. The second kappa shape index (κ2) is 5.36. The fourth-order valence-corrected chi connectivity index (χ4v) is 1.85. The SMILES string of the molecule is COC(c1noc(-c2cc(F)ccc2N)n1)C(C)C. The Kier molecular flexibility index (Phi) is 3.80. The summed E-state index contributed by atoms with van der Waals surface area (Å²) in [6.07, 6.45) is -0.271. The van der Waals surface area contributed by atoms with E-state index in [0.29, 0.717) is 17.1 Å². The zero-order chi connectivity index (χ0) is 14.0. The van der Waals surface area contributed by atoms with Gasteiger partial charge in [-0.05, 0) is 24.1 Å². The lowest BCUT2D eigenvalue weighted by Crippen LogP contribution is -2.10. The zero-order valence-electron chi connectivity index (χ0n) is 11.1. The number of benzene rings is 1. The van der Waals surface area contributed by atoms with Gasteiger partial charge in [0.05, 0.1) is 5.56 Å². The largest absolute Gasteiger partial charge is 0.398 e. The Morgan fingerprint density at radius 1 is 1.37 bits per heavy atom. The van der Waals surface area contributed by atoms with E-state index in [1.165, 1.54) is 18.2 Å². The van der Waals surface area contributed by atoms with Crippen LogP contribution in [0.2, 0.25) is 0 Å². The van der Waals surface area contributed by atoms with Crippen molar-refractivity contribution in [2.24, 2.45) is 5.92 Å². The number of anilines is 1. The summed E-state index contributed by atoms with van der Waals surface area (Å²) in [6.45, 7) is 3.97. The van der Waals surface area contributed by atoms with E-state index in [1.807, 2.05) is 13.8 Å². The first-order valence-electron chi connectivity index (χ1n) is 5.94. The van der Waals surface area contributed by atoms with Crippen LogP contribution in [0.5, 0.6) is 0 Å². The Morgan fingerprint density at radius 2 is 2.11 bits per heavy atom. The van der Waals surface area contributed by atoms with Crippen LogP contribution in [0.4, 0.5) is 10.1 Å². The van der Waals surface area contributed by atoms with Crippen molar-refractivity contribution >= 4 is 5.69 Å². The fraction of sp³-hybridized carbons (Fsp3) is 0.385. The van der Waals surface area contributed by atoms with Crippen molar-refractivity contribution in [1.29, 1.82) is 0 Å². The van der Waals surface area contributed by atoms with Gasteiger partial charge in [0, 0.05) is 12.8 Å². The van der Waals surface area contributed by atoms with E-state index in [4.69, 9.17) is 15.0 Å². The molecule has 2 N–H and O–H groups in total. The molecule has 0 saturated heterocycles. The number of nitrogens with zero attached hydrogens (tertiary/aromatic N) is 2. The van der Waals surface area contributed by atoms with Crippen LogP contribution in [0, 0.1) is 11.7 Å². The van der Waals surface area contributed by atoms with Gasteiger partial charge in [-0.2, -0.15) is 4.98 Å². The monoisotopic (exact) mass is 265 g/mol. The quantitative estimate of drug-likeness (QED) is 0.860. The molecule has 0 saturated carbocycles. The maximum absolute atomic E-state index is 13.2. The topological polar surface area (TPSA) is 74.2 Å². The number of ether oxygens (including phenoxy) is 1. The number of hydrogen-bond acceptors (Lipinski definition) is 5. The molecule has 0 aliphatic heterocycles. The van der Waals surface area contributed by atoms with Crippen LogP contribution in [0.3, 0.4) is 0 Å². The van der Waals surface area contributed by atoms with E-state index in [-0.39, 0.29) is 17.9 Å². The van der Waals surface area contributed by atoms with Gasteiger partial charge in [-0.3, -0.25) is 0 Å². The van der Waals surface area contributed by atoms with Gasteiger partial charge in [0.2, 0.25) is 5.82 Å². The minimum absolute atomic E-state index is 0.190. The smallest absolute Gasteiger partial charge is 0.260 e. The van der Waals surface area contributed by atoms with E-state index in [2.05, 4.69) is 10.1 Å². The first-order valence-corrected chi connectivity index (χ1v) is 5.94. The molecule has 0 spiro atoms. The van der Waals surface area contributed by atoms with Crippen LogP contribution in [0.1, 0.15) is 25.8 Å². The van der Waals surface area contributed by atoms with E-state index in [1.54, 1.807) is 7.11 Å². The Hall–Kier alpha value is -1.95. The third-order valence-electron chi connectivity index (χ3n) is 2.80. The Morgan fingerprint density at radius 3 is 2.74 bits per heavy atom. The van der Waals surface area contributed by atoms with Crippen molar-refractivity contribution in [3.8, 4) is 11.5 Å². The van der Waals surface area contributed by atoms with Gasteiger partial charge in [0.1, 0.15) is 11.9 Å². The minimum Gasteiger partial charge on any atom is -0.398 e. The van der Waals surface area contributed by atoms with E-state index in [9.17, 15) is 4.39 Å². The van der Waals surface area contributed by atoms with Crippen molar-refractivity contribution in [3.63, 3.8) is 0 Å². The van der Waals surface area contributed by atoms with E-state index in [0.717, 1.165) is 0 Å². The summed E-state index contributed by atoms with van der Waals surface area (Å²) >= 11 is 0. The second-order valence-corrected chi connectivity index (χ2v) is 4.59. The summed E-state index contributed by atoms with van der Waals surface area (Å²) in [6, 6.07) is 4.01. The molecular formula is C13H16FN3O2. The van der Waals surface area contributed by atoms with Crippen molar-refractivity contribution in [2.75, 3.05) is 12.8 Å². The first-order chi connectivity index (χ1) is 9.02. The second-order valence-electron chi connectivity index (χ2n) is 4.59. The van der Waals surface area contributed by atoms with E-state index >= 15 is 0 Å². The molecule has 6 heteroatoms. The molecule has 1 unspecified atom stereocenters. The van der Waals surface area contributed by atoms with Gasteiger partial charge >= 0.3 is 0 Å². The van der Waals surface area contributed by atoms with Crippen LogP contribution in [-0.2, 0) is 4.74 Å². The number of rotatable bonds is 4. The van der Waals surface area contributed by atoms with E-state index < -0.39 is 5.82 Å². The fourth-order valence-electron chi connectivity index (χ4n) is 1.85. The molecule has 0 aliphatic rings. The summed E-state index contributed by atoms with van der Waals surface area (Å²) in [5.41, 5.74) is 6.54. The maximum Gasteiger partial charge on any atom is 0.260 e. The van der Waals surface area contributed by atoms with Crippen molar-refractivity contribution in [3.05, 3.63) is 29.8 Å². The molecule has 1 aromatic carbocycles. The molecule has 0 aliphatic carbocycles. The minimum atomic E-state index is -0.406. The lowest BCUT2D eigenvalue weighted by Gasteiger charge is -2.14. The number of aromatic nitrogens is 2. The molecule has 0 bridgehead atoms. The van der Waals surface area contributed by atoms with Gasteiger partial charge in [0.15, 0.2) is 0 Å². The zero-order valence-corrected chi connectivity index (χ0v) is 11.1. The maximum atomic E-state index is 13.2. The van der Waals surface area contributed by atoms with Gasteiger partial charge < -0.3 is 15.0 Å². The molecule has 0 amide bonds. The molecule has 0 radical (unpaired) electrons. The highest BCUT2D eigenvalue weighted by Crippen LogP contribution is 2.28. The van der Waals surface area contributed by atoms with Crippen molar-refractivity contribution in [2.45, 2.75) is 20.0 Å². The van der Waals surface area contributed by atoms with Crippen LogP contribution >= 0.6 is 0 Å². The summed E-state index contributed by atoms with van der Waals surface area (Å²) in [4.78, 5) is 4.23. The normalized spacial score (nSPS) is 12.9. The summed E-state index contributed by atoms with van der Waals surface area (Å²) < 4.78 is 23.7. The molecule has 1 aromatic heterocycles. The number of halogens is 1. The van der Waals surface area contributed by atoms with Crippen molar-refractivity contribution in [1.82, 2.24) is 10.1 Å². The number of nitrogen functional groups attached to an aromatic ring is 1. The average Bonchev–Trinajstić information content (AvgIpc) is 2.82. The summed E-state index contributed by atoms with van der Waals surface area (Å²) in [7, 11) is 1.58. The van der Waals surface area contributed by atoms with Gasteiger partial charge in [0.25, 0.3) is 5.89 Å². The third kappa shape index (κ3) is 2.73. The molecule has 5 nitrogen and oxygen atoms in total.